The molecule has 0 amide bonds. The Balaban J connectivity index is 2.34. The molecular weight excluding hydrogens is 180 g/mol. The number of cyclic esters (lactones) is 1. The van der Waals surface area contributed by atoms with Gasteiger partial charge in [-0.1, -0.05) is 19.8 Å². The van der Waals surface area contributed by atoms with Crippen molar-refractivity contribution in [3.63, 3.8) is 0 Å². The zero-order valence-electron chi connectivity index (χ0n) is 8.91. The van der Waals surface area contributed by atoms with Gasteiger partial charge in [-0.25, -0.2) is 4.79 Å². The van der Waals surface area contributed by atoms with E-state index in [1.807, 2.05) is 0 Å². The van der Waals surface area contributed by atoms with Gasteiger partial charge in [-0.3, -0.25) is 0 Å². The average Bonchev–Trinajstić information content (AvgIpc) is 2.17. The maximum absolute atomic E-state index is 11.1. The summed E-state index contributed by atoms with van der Waals surface area (Å²) in [6.07, 6.45) is 6.62. The van der Waals surface area contributed by atoms with Gasteiger partial charge in [0.05, 0.1) is 13.2 Å². The summed E-state index contributed by atoms with van der Waals surface area (Å²) in [4.78, 5) is 11.1. The van der Waals surface area contributed by atoms with Crippen LogP contribution in [0.5, 0.6) is 0 Å². The van der Waals surface area contributed by atoms with Gasteiger partial charge < -0.3 is 9.47 Å². The number of esters is 1. The summed E-state index contributed by atoms with van der Waals surface area (Å²) in [5.74, 6) is 0.470. The van der Waals surface area contributed by atoms with E-state index in [4.69, 9.17) is 9.47 Å². The molecule has 3 heteroatoms. The molecule has 0 radical (unpaired) electrons. The minimum Gasteiger partial charge on any atom is -0.501 e. The Morgan fingerprint density at radius 3 is 3.00 bits per heavy atom. The largest absolute Gasteiger partial charge is 0.501 e. The molecule has 0 bridgehead atoms. The van der Waals surface area contributed by atoms with E-state index >= 15 is 0 Å². The number of hydrogen-bond donors (Lipinski definition) is 0. The predicted molar refractivity (Wildman–Crippen MR) is 53.7 cm³/mol. The summed E-state index contributed by atoms with van der Waals surface area (Å²) in [6, 6.07) is 0. The van der Waals surface area contributed by atoms with Crippen molar-refractivity contribution in [1.29, 1.82) is 0 Å². The third kappa shape index (κ3) is 3.40. The maximum Gasteiger partial charge on any atom is 0.334 e. The first-order valence-corrected chi connectivity index (χ1v) is 5.21. The van der Waals surface area contributed by atoms with Gasteiger partial charge in [0.2, 0.25) is 0 Å². The van der Waals surface area contributed by atoms with E-state index in [9.17, 15) is 4.79 Å². The number of hydrogen-bond acceptors (Lipinski definition) is 3. The minimum absolute atomic E-state index is 0.0222. The molecule has 0 aliphatic carbocycles. The minimum atomic E-state index is -0.269. The van der Waals surface area contributed by atoms with E-state index < -0.39 is 0 Å². The van der Waals surface area contributed by atoms with Crippen molar-refractivity contribution in [2.24, 2.45) is 0 Å². The second-order valence-electron chi connectivity index (χ2n) is 3.57. The smallest absolute Gasteiger partial charge is 0.334 e. The van der Waals surface area contributed by atoms with Crippen LogP contribution in [0.3, 0.4) is 0 Å². The third-order valence-electron chi connectivity index (χ3n) is 2.38. The van der Waals surface area contributed by atoms with Gasteiger partial charge in [-0.15, -0.1) is 0 Å². The van der Waals surface area contributed by atoms with Gasteiger partial charge in [0.25, 0.3) is 0 Å². The summed E-state index contributed by atoms with van der Waals surface area (Å²) in [7, 11) is 1.59. The standard InChI is InChI=1S/C11H18O3/c1-3-4-5-6-9-7-10(13-2)8-11(12)14-9/h8-9H,3-7H2,1-2H3. The quantitative estimate of drug-likeness (QED) is 0.502. The number of carbonyl (C=O) groups is 1. The Kier molecular flexibility index (Phi) is 4.50. The van der Waals surface area contributed by atoms with E-state index in [1.54, 1.807) is 7.11 Å². The van der Waals surface area contributed by atoms with Gasteiger partial charge >= 0.3 is 5.97 Å². The number of methoxy groups -OCH3 is 1. The number of ether oxygens (including phenoxy) is 2. The van der Waals surface area contributed by atoms with Crippen molar-refractivity contribution in [3.8, 4) is 0 Å². The zero-order valence-corrected chi connectivity index (χ0v) is 8.91. The first-order valence-electron chi connectivity index (χ1n) is 5.21. The molecule has 1 rings (SSSR count). The van der Waals surface area contributed by atoms with Crippen LogP contribution >= 0.6 is 0 Å². The van der Waals surface area contributed by atoms with E-state index in [0.29, 0.717) is 0 Å². The van der Waals surface area contributed by atoms with Gasteiger partial charge in [-0.05, 0) is 12.8 Å². The van der Waals surface area contributed by atoms with Gasteiger partial charge in [-0.2, -0.15) is 0 Å². The summed E-state index contributed by atoms with van der Waals surface area (Å²) in [5.41, 5.74) is 0. The molecule has 0 aromatic heterocycles. The lowest BCUT2D eigenvalue weighted by Gasteiger charge is -2.22. The lowest BCUT2D eigenvalue weighted by Crippen LogP contribution is -2.23. The zero-order chi connectivity index (χ0) is 10.4. The van der Waals surface area contributed by atoms with Gasteiger partial charge in [0.15, 0.2) is 0 Å². The fourth-order valence-corrected chi connectivity index (χ4v) is 1.58. The molecule has 3 nitrogen and oxygen atoms in total. The highest BCUT2D eigenvalue weighted by Crippen LogP contribution is 2.20. The summed E-state index contributed by atoms with van der Waals surface area (Å²) >= 11 is 0. The Morgan fingerprint density at radius 2 is 2.36 bits per heavy atom. The Bertz CT molecular complexity index is 221. The molecule has 0 saturated heterocycles. The van der Waals surface area contributed by atoms with Crippen LogP contribution in [0.15, 0.2) is 11.8 Å². The molecular formula is C11H18O3. The van der Waals surface area contributed by atoms with Gasteiger partial charge in [0.1, 0.15) is 11.9 Å². The van der Waals surface area contributed by atoms with Crippen LogP contribution in [-0.4, -0.2) is 19.2 Å². The molecule has 80 valence electrons. The average molecular weight is 198 g/mol. The Labute approximate surface area is 85.1 Å². The van der Waals surface area contributed by atoms with Crippen molar-refractivity contribution in [3.05, 3.63) is 11.8 Å². The monoisotopic (exact) mass is 198 g/mol. The van der Waals surface area contributed by atoms with Crippen molar-refractivity contribution in [2.75, 3.05) is 7.11 Å². The molecule has 14 heavy (non-hydrogen) atoms. The van der Waals surface area contributed by atoms with Crippen molar-refractivity contribution >= 4 is 5.97 Å². The van der Waals surface area contributed by atoms with E-state index in [1.165, 1.54) is 18.9 Å². The van der Waals surface area contributed by atoms with Crippen LogP contribution in [0.1, 0.15) is 39.0 Å². The van der Waals surface area contributed by atoms with E-state index in [2.05, 4.69) is 6.92 Å². The molecule has 1 atom stereocenters. The molecule has 1 aliphatic heterocycles. The summed E-state index contributed by atoms with van der Waals surface area (Å²) in [5, 5.41) is 0. The van der Waals surface area contributed by atoms with Crippen LogP contribution in [0.25, 0.3) is 0 Å². The SMILES string of the molecule is CCCCCC1CC(OC)=CC(=O)O1. The Morgan fingerprint density at radius 1 is 1.57 bits per heavy atom. The molecule has 0 spiro atoms. The lowest BCUT2D eigenvalue weighted by atomic mass is 10.1. The highest BCUT2D eigenvalue weighted by molar-refractivity contribution is 5.83. The molecule has 0 N–H and O–H groups in total. The number of carbonyl (C=O) groups excluding carboxylic acids is 1. The van der Waals surface area contributed by atoms with E-state index in [0.717, 1.165) is 25.0 Å². The van der Waals surface area contributed by atoms with Gasteiger partial charge in [0, 0.05) is 6.42 Å². The molecule has 0 aromatic carbocycles. The topological polar surface area (TPSA) is 35.5 Å². The molecule has 0 saturated carbocycles. The molecule has 1 aliphatic rings. The van der Waals surface area contributed by atoms with Crippen molar-refractivity contribution in [2.45, 2.75) is 45.1 Å². The summed E-state index contributed by atoms with van der Waals surface area (Å²) < 4.78 is 10.2. The van der Waals surface area contributed by atoms with Crippen molar-refractivity contribution < 1.29 is 14.3 Å². The molecule has 0 fully saturated rings. The summed E-state index contributed by atoms with van der Waals surface area (Å²) in [6.45, 7) is 2.16. The first kappa shape index (κ1) is 11.1. The predicted octanol–water partition coefficient (Wildman–Crippen LogP) is 2.41. The first-order chi connectivity index (χ1) is 6.76. The van der Waals surface area contributed by atoms with Crippen LogP contribution in [0.2, 0.25) is 0 Å². The number of rotatable bonds is 5. The molecule has 0 aromatic rings. The highest BCUT2D eigenvalue weighted by atomic mass is 16.5. The van der Waals surface area contributed by atoms with E-state index in [-0.39, 0.29) is 12.1 Å². The fraction of sp³-hybridized carbons (Fsp3) is 0.727. The van der Waals surface area contributed by atoms with Crippen LogP contribution < -0.4 is 0 Å². The highest BCUT2D eigenvalue weighted by Gasteiger charge is 2.21. The second kappa shape index (κ2) is 5.68. The van der Waals surface area contributed by atoms with Crippen molar-refractivity contribution in [1.82, 2.24) is 0 Å². The lowest BCUT2D eigenvalue weighted by molar-refractivity contribution is -0.145. The second-order valence-corrected chi connectivity index (χ2v) is 3.57. The molecule has 1 heterocycles. The fourth-order valence-electron chi connectivity index (χ4n) is 1.58. The molecule has 1 unspecified atom stereocenters. The third-order valence-corrected chi connectivity index (χ3v) is 2.38. The van der Waals surface area contributed by atoms with Crippen LogP contribution in [0.4, 0.5) is 0 Å². The maximum atomic E-state index is 11.1. The normalized spacial score (nSPS) is 21.4. The number of unbranched alkanes of at least 4 members (excludes halogenated alkanes) is 2. The Hall–Kier alpha value is -0.990. The van der Waals surface area contributed by atoms with Crippen LogP contribution in [0, 0.1) is 0 Å². The van der Waals surface area contributed by atoms with Crippen LogP contribution in [-0.2, 0) is 14.3 Å².